The van der Waals surface area contributed by atoms with Gasteiger partial charge in [-0.15, -0.1) is 0 Å². The fourth-order valence-corrected chi connectivity index (χ4v) is 1.98. The van der Waals surface area contributed by atoms with Crippen molar-refractivity contribution in [1.29, 1.82) is 0 Å². The third-order valence-corrected chi connectivity index (χ3v) is 2.93. The molecule has 3 nitrogen and oxygen atoms in total. The molecule has 0 aromatic rings. The zero-order chi connectivity index (χ0) is 8.72. The molecule has 2 rings (SSSR count). The Labute approximate surface area is 77.1 Å². The Morgan fingerprint density at radius 2 is 2.33 bits per heavy atom. The minimum absolute atomic E-state index is 0.124. The first-order valence-corrected chi connectivity index (χ1v) is 4.71. The fourth-order valence-electron chi connectivity index (χ4n) is 1.64. The average Bonchev–Trinajstić information content (AvgIpc) is 2.79. The number of rotatable bonds is 2. The lowest BCUT2D eigenvalue weighted by Gasteiger charge is -2.22. The van der Waals surface area contributed by atoms with Gasteiger partial charge in [0, 0.05) is 6.04 Å². The Balaban J connectivity index is 2.09. The van der Waals surface area contributed by atoms with Gasteiger partial charge in [0.1, 0.15) is 0 Å². The van der Waals surface area contributed by atoms with Crippen molar-refractivity contribution in [2.45, 2.75) is 25.8 Å². The van der Waals surface area contributed by atoms with Crippen LogP contribution >= 0.6 is 12.2 Å². The lowest BCUT2D eigenvalue weighted by atomic mass is 10.2. The van der Waals surface area contributed by atoms with Crippen molar-refractivity contribution >= 4 is 23.2 Å². The van der Waals surface area contributed by atoms with Crippen LogP contribution < -0.4 is 5.32 Å². The summed E-state index contributed by atoms with van der Waals surface area (Å²) in [5.74, 6) is 0.811. The first kappa shape index (κ1) is 7.98. The number of amides is 1. The molecule has 1 aliphatic heterocycles. The maximum Gasteiger partial charge on any atom is 0.248 e. The maximum absolute atomic E-state index is 11.3. The largest absolute Gasteiger partial charge is 0.353 e. The zero-order valence-electron chi connectivity index (χ0n) is 7.04. The van der Waals surface area contributed by atoms with E-state index < -0.39 is 0 Å². The van der Waals surface area contributed by atoms with Crippen LogP contribution in [0.25, 0.3) is 0 Å². The molecule has 0 bridgehead atoms. The summed E-state index contributed by atoms with van der Waals surface area (Å²) in [5.41, 5.74) is 0. The first-order chi connectivity index (χ1) is 5.70. The van der Waals surface area contributed by atoms with Crippen molar-refractivity contribution in [3.63, 3.8) is 0 Å². The van der Waals surface area contributed by atoms with E-state index in [2.05, 4.69) is 12.2 Å². The fraction of sp³-hybridized carbons (Fsp3) is 0.750. The van der Waals surface area contributed by atoms with Crippen molar-refractivity contribution < 1.29 is 4.79 Å². The molecule has 2 aliphatic rings. The smallest absolute Gasteiger partial charge is 0.248 e. The van der Waals surface area contributed by atoms with Crippen LogP contribution in [0, 0.1) is 5.92 Å². The van der Waals surface area contributed by atoms with Gasteiger partial charge in [-0.2, -0.15) is 0 Å². The van der Waals surface area contributed by atoms with Gasteiger partial charge < -0.3 is 5.32 Å². The highest BCUT2D eigenvalue weighted by Crippen LogP contribution is 2.35. The molecule has 1 heterocycles. The summed E-state index contributed by atoms with van der Waals surface area (Å²) in [6, 6.07) is 0.306. The van der Waals surface area contributed by atoms with Gasteiger partial charge in [-0.1, -0.05) is 0 Å². The lowest BCUT2D eigenvalue weighted by Crippen LogP contribution is -2.39. The summed E-state index contributed by atoms with van der Waals surface area (Å²) < 4.78 is 0. The van der Waals surface area contributed by atoms with Gasteiger partial charge in [0.15, 0.2) is 5.11 Å². The van der Waals surface area contributed by atoms with Crippen LogP contribution in [0.15, 0.2) is 0 Å². The number of thiocarbonyl (C=S) groups is 1. The van der Waals surface area contributed by atoms with Crippen molar-refractivity contribution in [3.8, 4) is 0 Å². The van der Waals surface area contributed by atoms with Crippen molar-refractivity contribution in [1.82, 2.24) is 10.2 Å². The molecule has 12 heavy (non-hydrogen) atoms. The van der Waals surface area contributed by atoms with E-state index in [9.17, 15) is 4.79 Å². The van der Waals surface area contributed by atoms with E-state index in [1.807, 2.05) is 0 Å². The van der Waals surface area contributed by atoms with E-state index in [0.29, 0.717) is 23.6 Å². The number of hydrogen-bond donors (Lipinski definition) is 1. The van der Waals surface area contributed by atoms with Crippen molar-refractivity contribution in [2.24, 2.45) is 5.92 Å². The SMILES string of the molecule is CC(C1CC1)N1C(=O)CNC1=S. The highest BCUT2D eigenvalue weighted by Gasteiger charge is 2.38. The molecule has 1 saturated carbocycles. The number of hydrogen-bond acceptors (Lipinski definition) is 2. The lowest BCUT2D eigenvalue weighted by molar-refractivity contribution is -0.126. The zero-order valence-corrected chi connectivity index (χ0v) is 7.86. The van der Waals surface area contributed by atoms with Gasteiger partial charge in [0.25, 0.3) is 0 Å². The molecular formula is C8H12N2OS. The Bertz CT molecular complexity index is 221. The van der Waals surface area contributed by atoms with Crippen LogP contribution in [-0.2, 0) is 4.79 Å². The molecule has 1 unspecified atom stereocenters. The molecule has 1 N–H and O–H groups in total. The summed E-state index contributed by atoms with van der Waals surface area (Å²) >= 11 is 5.03. The predicted molar refractivity (Wildman–Crippen MR) is 49.6 cm³/mol. The van der Waals surface area contributed by atoms with E-state index in [1.54, 1.807) is 4.90 Å². The second-order valence-corrected chi connectivity index (χ2v) is 3.89. The molecule has 0 radical (unpaired) electrons. The Morgan fingerprint density at radius 3 is 2.75 bits per heavy atom. The van der Waals surface area contributed by atoms with Crippen LogP contribution in [-0.4, -0.2) is 28.5 Å². The molecule has 1 aliphatic carbocycles. The highest BCUT2D eigenvalue weighted by atomic mass is 32.1. The highest BCUT2D eigenvalue weighted by molar-refractivity contribution is 7.80. The van der Waals surface area contributed by atoms with Crippen molar-refractivity contribution in [3.05, 3.63) is 0 Å². The van der Waals surface area contributed by atoms with Crippen LogP contribution in [0.5, 0.6) is 0 Å². The summed E-state index contributed by atoms with van der Waals surface area (Å²) in [7, 11) is 0. The normalized spacial score (nSPS) is 25.9. The average molecular weight is 184 g/mol. The molecule has 2 fully saturated rings. The standard InChI is InChI=1S/C8H12N2OS/c1-5(6-2-3-6)10-7(11)4-9-8(10)12/h5-6H,2-4H2,1H3,(H,9,12). The minimum Gasteiger partial charge on any atom is -0.353 e. The van der Waals surface area contributed by atoms with Crippen LogP contribution in [0.2, 0.25) is 0 Å². The maximum atomic E-state index is 11.3. The van der Waals surface area contributed by atoms with Gasteiger partial charge in [-0.25, -0.2) is 0 Å². The summed E-state index contributed by atoms with van der Waals surface area (Å²) in [4.78, 5) is 13.1. The van der Waals surface area contributed by atoms with E-state index >= 15 is 0 Å². The second kappa shape index (κ2) is 2.69. The molecule has 0 aromatic heterocycles. The quantitative estimate of drug-likeness (QED) is 0.634. The predicted octanol–water partition coefficient (Wildman–Crippen LogP) is 0.502. The Hall–Kier alpha value is -0.640. The van der Waals surface area contributed by atoms with Gasteiger partial charge in [-0.3, -0.25) is 9.69 Å². The van der Waals surface area contributed by atoms with E-state index in [0.717, 1.165) is 0 Å². The van der Waals surface area contributed by atoms with Crippen LogP contribution in [0.1, 0.15) is 19.8 Å². The molecular weight excluding hydrogens is 172 g/mol. The van der Waals surface area contributed by atoms with Crippen LogP contribution in [0.3, 0.4) is 0 Å². The molecule has 4 heteroatoms. The molecule has 0 spiro atoms. The Morgan fingerprint density at radius 1 is 1.67 bits per heavy atom. The summed E-state index contributed by atoms with van der Waals surface area (Å²) in [5, 5.41) is 3.50. The topological polar surface area (TPSA) is 32.3 Å². The van der Waals surface area contributed by atoms with Gasteiger partial charge >= 0.3 is 0 Å². The molecule has 1 amide bonds. The number of carbonyl (C=O) groups excluding carboxylic acids is 1. The van der Waals surface area contributed by atoms with Crippen molar-refractivity contribution in [2.75, 3.05) is 6.54 Å². The first-order valence-electron chi connectivity index (χ1n) is 4.30. The Kier molecular flexibility index (Phi) is 1.79. The number of nitrogens with one attached hydrogen (secondary N) is 1. The van der Waals surface area contributed by atoms with E-state index in [-0.39, 0.29) is 5.91 Å². The summed E-state index contributed by atoms with van der Waals surface area (Å²) in [6.45, 7) is 2.46. The van der Waals surface area contributed by atoms with E-state index in [4.69, 9.17) is 12.2 Å². The monoisotopic (exact) mass is 184 g/mol. The van der Waals surface area contributed by atoms with Crippen LogP contribution in [0.4, 0.5) is 0 Å². The summed E-state index contributed by atoms with van der Waals surface area (Å²) in [6.07, 6.45) is 2.49. The van der Waals surface area contributed by atoms with E-state index in [1.165, 1.54) is 12.8 Å². The third-order valence-electron chi connectivity index (χ3n) is 2.59. The minimum atomic E-state index is 0.124. The molecule has 0 aromatic carbocycles. The van der Waals surface area contributed by atoms with Gasteiger partial charge in [0.2, 0.25) is 5.91 Å². The van der Waals surface area contributed by atoms with Gasteiger partial charge in [0.05, 0.1) is 6.54 Å². The molecule has 66 valence electrons. The second-order valence-electron chi connectivity index (χ2n) is 3.50. The molecule has 1 saturated heterocycles. The molecule has 1 atom stereocenters. The number of nitrogens with zero attached hydrogens (tertiary/aromatic N) is 1. The van der Waals surface area contributed by atoms with Gasteiger partial charge in [-0.05, 0) is 37.9 Å². The third kappa shape index (κ3) is 1.20. The number of carbonyl (C=O) groups is 1.